The van der Waals surface area contributed by atoms with E-state index in [2.05, 4.69) is 21.2 Å². The van der Waals surface area contributed by atoms with Gasteiger partial charge in [-0.25, -0.2) is 0 Å². The largest absolute Gasteiger partial charge is 0.486 e. The molecule has 2 aromatic carbocycles. The van der Waals surface area contributed by atoms with Crippen molar-refractivity contribution in [3.05, 3.63) is 58.1 Å². The number of amides is 1. The Kier molecular flexibility index (Phi) is 5.18. The first-order valence-electron chi connectivity index (χ1n) is 7.60. The van der Waals surface area contributed by atoms with E-state index in [0.717, 1.165) is 33.5 Å². The van der Waals surface area contributed by atoms with Gasteiger partial charge in [0.2, 0.25) is 5.91 Å². The van der Waals surface area contributed by atoms with Crippen molar-refractivity contribution in [2.24, 2.45) is 0 Å². The van der Waals surface area contributed by atoms with Crippen LogP contribution < -0.4 is 14.8 Å². The van der Waals surface area contributed by atoms with Crippen LogP contribution in [0, 0.1) is 0 Å². The molecule has 2 aromatic rings. The van der Waals surface area contributed by atoms with Gasteiger partial charge in [-0.3, -0.25) is 4.79 Å². The second-order valence-corrected chi connectivity index (χ2v) is 6.30. The number of carbonyl (C=O) groups excluding carboxylic acids is 1. The van der Waals surface area contributed by atoms with Gasteiger partial charge in [0.15, 0.2) is 11.5 Å². The highest BCUT2D eigenvalue weighted by Gasteiger charge is 2.12. The van der Waals surface area contributed by atoms with Crippen molar-refractivity contribution < 1.29 is 14.3 Å². The Hall–Kier alpha value is -2.01. The molecular weight excluding hydrogens is 358 g/mol. The fourth-order valence-electron chi connectivity index (χ4n) is 2.44. The molecule has 1 amide bonds. The first-order chi connectivity index (χ1) is 11.2. The number of halogens is 1. The molecule has 0 atom stereocenters. The van der Waals surface area contributed by atoms with Crippen LogP contribution in [0.15, 0.2) is 46.9 Å². The zero-order valence-electron chi connectivity index (χ0n) is 12.7. The number of aryl methyl sites for hydroxylation is 1. The maximum atomic E-state index is 12.0. The van der Waals surface area contributed by atoms with Gasteiger partial charge in [-0.05, 0) is 41.8 Å². The molecule has 0 fully saturated rings. The average molecular weight is 376 g/mol. The van der Waals surface area contributed by atoms with Crippen molar-refractivity contribution in [2.75, 3.05) is 13.2 Å². The van der Waals surface area contributed by atoms with Gasteiger partial charge < -0.3 is 14.8 Å². The lowest BCUT2D eigenvalue weighted by atomic mass is 10.1. The molecule has 0 unspecified atom stereocenters. The summed E-state index contributed by atoms with van der Waals surface area (Å²) in [6.45, 7) is 1.64. The van der Waals surface area contributed by atoms with Gasteiger partial charge in [0.05, 0.1) is 0 Å². The molecule has 0 radical (unpaired) electrons. The van der Waals surface area contributed by atoms with Crippen LogP contribution >= 0.6 is 15.9 Å². The number of fused-ring (bicyclic) bond motifs is 1. The number of carbonyl (C=O) groups is 1. The molecule has 1 aliphatic heterocycles. The number of hydrogen-bond acceptors (Lipinski definition) is 3. The molecular formula is C18H18BrNO3. The Bertz CT molecular complexity index is 702. The number of rotatable bonds is 5. The summed E-state index contributed by atoms with van der Waals surface area (Å²) in [5, 5.41) is 2.94. The molecule has 0 aliphatic carbocycles. The molecule has 1 aliphatic rings. The lowest BCUT2D eigenvalue weighted by Gasteiger charge is -2.19. The van der Waals surface area contributed by atoms with Gasteiger partial charge >= 0.3 is 0 Å². The second kappa shape index (κ2) is 7.51. The fourth-order valence-corrected chi connectivity index (χ4v) is 2.88. The van der Waals surface area contributed by atoms with E-state index in [1.807, 2.05) is 42.5 Å². The zero-order valence-corrected chi connectivity index (χ0v) is 14.3. The van der Waals surface area contributed by atoms with E-state index < -0.39 is 0 Å². The Morgan fingerprint density at radius 2 is 1.87 bits per heavy atom. The molecule has 23 heavy (non-hydrogen) atoms. The summed E-state index contributed by atoms with van der Waals surface area (Å²) in [5.74, 6) is 1.55. The fraction of sp³-hybridized carbons (Fsp3) is 0.278. The lowest BCUT2D eigenvalue weighted by molar-refractivity contribution is -0.121. The molecule has 3 rings (SSSR count). The third kappa shape index (κ3) is 4.48. The van der Waals surface area contributed by atoms with Crippen molar-refractivity contribution in [1.82, 2.24) is 5.32 Å². The standard InChI is InChI=1S/C18H18BrNO3/c19-15-3-1-2-13(10-15)5-7-18(21)20-12-14-4-6-16-17(11-14)23-9-8-22-16/h1-4,6,10-11H,5,7-9,12H2,(H,20,21). The highest BCUT2D eigenvalue weighted by atomic mass is 79.9. The van der Waals surface area contributed by atoms with Crippen molar-refractivity contribution in [3.8, 4) is 11.5 Å². The summed E-state index contributed by atoms with van der Waals surface area (Å²) in [5.41, 5.74) is 2.15. The van der Waals surface area contributed by atoms with E-state index >= 15 is 0 Å². The number of benzene rings is 2. The van der Waals surface area contributed by atoms with Crippen LogP contribution in [0.25, 0.3) is 0 Å². The normalized spacial score (nSPS) is 12.7. The maximum absolute atomic E-state index is 12.0. The highest BCUT2D eigenvalue weighted by molar-refractivity contribution is 9.10. The molecule has 0 bridgehead atoms. The summed E-state index contributed by atoms with van der Waals surface area (Å²) in [6, 6.07) is 13.8. The van der Waals surface area contributed by atoms with E-state index in [9.17, 15) is 4.79 Å². The molecule has 0 spiro atoms. The maximum Gasteiger partial charge on any atom is 0.220 e. The highest BCUT2D eigenvalue weighted by Crippen LogP contribution is 2.30. The molecule has 120 valence electrons. The van der Waals surface area contributed by atoms with Gasteiger partial charge in [-0.1, -0.05) is 34.1 Å². The van der Waals surface area contributed by atoms with Gasteiger partial charge in [-0.2, -0.15) is 0 Å². The van der Waals surface area contributed by atoms with Crippen LogP contribution in [0.5, 0.6) is 11.5 Å². The Labute approximate surface area is 143 Å². The Morgan fingerprint density at radius 3 is 2.70 bits per heavy atom. The number of hydrogen-bond donors (Lipinski definition) is 1. The first kappa shape index (κ1) is 15.9. The van der Waals surface area contributed by atoms with Gasteiger partial charge in [-0.15, -0.1) is 0 Å². The van der Waals surface area contributed by atoms with Gasteiger partial charge in [0.25, 0.3) is 0 Å². The minimum absolute atomic E-state index is 0.0415. The van der Waals surface area contributed by atoms with Crippen molar-refractivity contribution >= 4 is 21.8 Å². The molecule has 0 saturated heterocycles. The molecule has 4 nitrogen and oxygen atoms in total. The first-order valence-corrected chi connectivity index (χ1v) is 8.40. The molecule has 0 saturated carbocycles. The summed E-state index contributed by atoms with van der Waals surface area (Å²) in [7, 11) is 0. The van der Waals surface area contributed by atoms with Gasteiger partial charge in [0, 0.05) is 17.4 Å². The molecule has 1 N–H and O–H groups in total. The molecule has 0 aromatic heterocycles. The number of ether oxygens (including phenoxy) is 2. The average Bonchev–Trinajstić information content (AvgIpc) is 2.58. The van der Waals surface area contributed by atoms with E-state index in [1.54, 1.807) is 0 Å². The minimum Gasteiger partial charge on any atom is -0.486 e. The second-order valence-electron chi connectivity index (χ2n) is 5.38. The van der Waals surface area contributed by atoms with Crippen LogP contribution in [0.1, 0.15) is 17.5 Å². The molecule has 1 heterocycles. The van der Waals surface area contributed by atoms with Gasteiger partial charge in [0.1, 0.15) is 13.2 Å². The SMILES string of the molecule is O=C(CCc1cccc(Br)c1)NCc1ccc2c(c1)OCCO2. The minimum atomic E-state index is 0.0415. The third-order valence-electron chi connectivity index (χ3n) is 3.63. The van der Waals surface area contributed by atoms with E-state index in [1.165, 1.54) is 0 Å². The number of nitrogens with one attached hydrogen (secondary N) is 1. The smallest absolute Gasteiger partial charge is 0.220 e. The van der Waals surface area contributed by atoms with Crippen LogP contribution in [-0.4, -0.2) is 19.1 Å². The van der Waals surface area contributed by atoms with Crippen molar-refractivity contribution in [3.63, 3.8) is 0 Å². The van der Waals surface area contributed by atoms with Crippen LogP contribution in [0.3, 0.4) is 0 Å². The van der Waals surface area contributed by atoms with Crippen LogP contribution in [-0.2, 0) is 17.8 Å². The third-order valence-corrected chi connectivity index (χ3v) is 4.12. The quantitative estimate of drug-likeness (QED) is 0.870. The van der Waals surface area contributed by atoms with E-state index in [-0.39, 0.29) is 5.91 Å². The van der Waals surface area contributed by atoms with Crippen LogP contribution in [0.2, 0.25) is 0 Å². The summed E-state index contributed by atoms with van der Waals surface area (Å²) < 4.78 is 12.1. The lowest BCUT2D eigenvalue weighted by Crippen LogP contribution is -2.23. The summed E-state index contributed by atoms with van der Waals surface area (Å²) >= 11 is 3.44. The predicted octanol–water partition coefficient (Wildman–Crippen LogP) is 3.47. The molecule has 5 heteroatoms. The van der Waals surface area contributed by atoms with Crippen molar-refractivity contribution in [2.45, 2.75) is 19.4 Å². The Morgan fingerprint density at radius 1 is 1.04 bits per heavy atom. The van der Waals surface area contributed by atoms with Crippen LogP contribution in [0.4, 0.5) is 0 Å². The summed E-state index contributed by atoms with van der Waals surface area (Å²) in [4.78, 5) is 12.0. The van der Waals surface area contributed by atoms with E-state index in [0.29, 0.717) is 26.2 Å². The van der Waals surface area contributed by atoms with E-state index in [4.69, 9.17) is 9.47 Å². The van der Waals surface area contributed by atoms with Crippen molar-refractivity contribution in [1.29, 1.82) is 0 Å². The predicted molar refractivity (Wildman–Crippen MR) is 91.7 cm³/mol. The summed E-state index contributed by atoms with van der Waals surface area (Å²) in [6.07, 6.45) is 1.20. The monoisotopic (exact) mass is 375 g/mol. The Balaban J connectivity index is 1.49. The topological polar surface area (TPSA) is 47.6 Å². The zero-order chi connectivity index (χ0) is 16.1.